The highest BCUT2D eigenvalue weighted by Gasteiger charge is 2.09. The zero-order valence-corrected chi connectivity index (χ0v) is 7.22. The number of hydrogen-bond acceptors (Lipinski definition) is 6. The first-order valence-electron chi connectivity index (χ1n) is 3.59. The number of rotatable bonds is 1. The van der Waals surface area contributed by atoms with Gasteiger partial charge >= 0.3 is 6.01 Å². The molecule has 0 aromatic carbocycles. The molecular weight excluding hydrogens is 172 g/mol. The minimum Gasteiger partial charge on any atom is -0.467 e. The molecule has 0 spiro atoms. The van der Waals surface area contributed by atoms with Crippen LogP contribution in [0.2, 0.25) is 0 Å². The highest BCUT2D eigenvalue weighted by atomic mass is 16.5. The van der Waals surface area contributed by atoms with Crippen LogP contribution in [0.15, 0.2) is 0 Å². The van der Waals surface area contributed by atoms with Gasteiger partial charge in [-0.1, -0.05) is 0 Å². The maximum atomic E-state index is 5.60. The van der Waals surface area contributed by atoms with Crippen molar-refractivity contribution in [3.63, 3.8) is 0 Å². The van der Waals surface area contributed by atoms with Gasteiger partial charge in [-0.3, -0.25) is 0 Å². The molecule has 68 valence electrons. The molecule has 2 aromatic heterocycles. The number of nitrogens with two attached hydrogens (primary N) is 1. The number of aromatic nitrogens is 5. The van der Waals surface area contributed by atoms with E-state index in [-0.39, 0.29) is 11.8 Å². The Labute approximate surface area is 73.5 Å². The molecule has 0 saturated carbocycles. The first kappa shape index (κ1) is 7.71. The Hall–Kier alpha value is -1.92. The maximum Gasteiger partial charge on any atom is 0.320 e. The molecule has 13 heavy (non-hydrogen) atoms. The summed E-state index contributed by atoms with van der Waals surface area (Å²) in [6.45, 7) is 0. The average Bonchev–Trinajstić information content (AvgIpc) is 2.46. The second kappa shape index (κ2) is 2.54. The monoisotopic (exact) mass is 180 g/mol. The van der Waals surface area contributed by atoms with Gasteiger partial charge in [-0.25, -0.2) is 0 Å². The Bertz CT molecular complexity index is 450. The predicted molar refractivity (Wildman–Crippen MR) is 45.1 cm³/mol. The summed E-state index contributed by atoms with van der Waals surface area (Å²) in [4.78, 5) is 9.21. The third-order valence-electron chi connectivity index (χ3n) is 1.54. The molecule has 0 amide bonds. The van der Waals surface area contributed by atoms with Crippen molar-refractivity contribution in [2.24, 2.45) is 7.05 Å². The number of methoxy groups -OCH3 is 1. The van der Waals surface area contributed by atoms with Crippen LogP contribution in [-0.4, -0.2) is 32.1 Å². The Morgan fingerprint density at radius 3 is 2.77 bits per heavy atom. The summed E-state index contributed by atoms with van der Waals surface area (Å²) in [5.41, 5.74) is 6.53. The van der Waals surface area contributed by atoms with E-state index in [4.69, 9.17) is 10.5 Å². The van der Waals surface area contributed by atoms with Crippen LogP contribution in [0.4, 0.5) is 5.82 Å². The highest BCUT2D eigenvalue weighted by molar-refractivity contribution is 5.80. The molecule has 7 heteroatoms. The van der Waals surface area contributed by atoms with Gasteiger partial charge < -0.3 is 10.5 Å². The Kier molecular flexibility index (Phi) is 1.51. The minimum absolute atomic E-state index is 0.200. The van der Waals surface area contributed by atoms with Gasteiger partial charge in [-0.15, -0.1) is 10.2 Å². The van der Waals surface area contributed by atoms with Crippen LogP contribution in [0.5, 0.6) is 6.01 Å². The number of nitrogen functional groups attached to an aromatic ring is 1. The Balaban J connectivity index is 2.75. The minimum atomic E-state index is 0.200. The number of fused-ring (bicyclic) bond motifs is 1. The lowest BCUT2D eigenvalue weighted by Crippen LogP contribution is -1.98. The van der Waals surface area contributed by atoms with Crippen LogP contribution in [0, 0.1) is 0 Å². The second-order valence-corrected chi connectivity index (χ2v) is 2.46. The van der Waals surface area contributed by atoms with E-state index in [1.165, 1.54) is 11.9 Å². The van der Waals surface area contributed by atoms with Gasteiger partial charge in [0, 0.05) is 7.05 Å². The van der Waals surface area contributed by atoms with Crippen molar-refractivity contribution in [1.29, 1.82) is 0 Å². The number of aryl methyl sites for hydroxylation is 1. The van der Waals surface area contributed by atoms with Crippen molar-refractivity contribution in [3.8, 4) is 6.01 Å². The van der Waals surface area contributed by atoms with Crippen LogP contribution in [0.25, 0.3) is 11.2 Å². The molecule has 2 N–H and O–H groups in total. The first-order chi connectivity index (χ1) is 6.20. The predicted octanol–water partition coefficient (Wildman–Crippen LogP) is -0.651. The van der Waals surface area contributed by atoms with Gasteiger partial charge in [0.1, 0.15) is 0 Å². The lowest BCUT2D eigenvalue weighted by Gasteiger charge is -1.96. The van der Waals surface area contributed by atoms with Crippen LogP contribution in [0.1, 0.15) is 0 Å². The maximum absolute atomic E-state index is 5.60. The van der Waals surface area contributed by atoms with E-state index >= 15 is 0 Å². The van der Waals surface area contributed by atoms with Crippen molar-refractivity contribution in [1.82, 2.24) is 25.0 Å². The molecule has 0 atom stereocenters. The van der Waals surface area contributed by atoms with Crippen molar-refractivity contribution in [3.05, 3.63) is 0 Å². The largest absolute Gasteiger partial charge is 0.467 e. The molecule has 2 heterocycles. The fourth-order valence-electron chi connectivity index (χ4n) is 1.00. The van der Waals surface area contributed by atoms with Crippen molar-refractivity contribution in [2.45, 2.75) is 0 Å². The normalized spacial score (nSPS) is 10.6. The van der Waals surface area contributed by atoms with E-state index < -0.39 is 0 Å². The van der Waals surface area contributed by atoms with E-state index in [2.05, 4.69) is 20.2 Å². The summed E-state index contributed by atoms with van der Waals surface area (Å²) in [6.07, 6.45) is 0. The number of anilines is 1. The van der Waals surface area contributed by atoms with Gasteiger partial charge in [-0.05, 0) is 0 Å². The van der Waals surface area contributed by atoms with Crippen LogP contribution in [0.3, 0.4) is 0 Å². The van der Waals surface area contributed by atoms with Crippen LogP contribution >= 0.6 is 0 Å². The zero-order chi connectivity index (χ0) is 9.42. The third kappa shape index (κ3) is 1.13. The SMILES string of the molecule is COc1nc(N)c2nn(C)nc2n1. The fraction of sp³-hybridized carbons (Fsp3) is 0.333. The third-order valence-corrected chi connectivity index (χ3v) is 1.54. The number of nitrogens with zero attached hydrogens (tertiary/aromatic N) is 5. The molecule has 2 rings (SSSR count). The van der Waals surface area contributed by atoms with Gasteiger partial charge in [0.25, 0.3) is 0 Å². The summed E-state index contributed by atoms with van der Waals surface area (Å²) in [6, 6.07) is 0.200. The average molecular weight is 180 g/mol. The number of hydrogen-bond donors (Lipinski definition) is 1. The molecule has 0 saturated heterocycles. The highest BCUT2D eigenvalue weighted by Crippen LogP contribution is 2.15. The molecule has 0 aliphatic carbocycles. The lowest BCUT2D eigenvalue weighted by molar-refractivity contribution is 0.382. The molecule has 0 fully saturated rings. The van der Waals surface area contributed by atoms with Crippen molar-refractivity contribution < 1.29 is 4.74 Å². The molecule has 0 bridgehead atoms. The van der Waals surface area contributed by atoms with Gasteiger partial charge in [0.2, 0.25) is 5.65 Å². The molecule has 7 nitrogen and oxygen atoms in total. The molecule has 0 aliphatic heterocycles. The first-order valence-corrected chi connectivity index (χ1v) is 3.59. The smallest absolute Gasteiger partial charge is 0.320 e. The van der Waals surface area contributed by atoms with Gasteiger partial charge in [0.15, 0.2) is 11.3 Å². The molecule has 2 aromatic rings. The molecule has 0 aliphatic rings. The van der Waals surface area contributed by atoms with E-state index in [1.807, 2.05) is 0 Å². The van der Waals surface area contributed by atoms with Crippen LogP contribution in [-0.2, 0) is 7.05 Å². The van der Waals surface area contributed by atoms with E-state index in [1.54, 1.807) is 7.05 Å². The van der Waals surface area contributed by atoms with E-state index in [9.17, 15) is 0 Å². The summed E-state index contributed by atoms with van der Waals surface area (Å²) in [5.74, 6) is 0.273. The summed E-state index contributed by atoms with van der Waals surface area (Å²) in [5, 5.41) is 7.97. The summed E-state index contributed by atoms with van der Waals surface area (Å²) in [7, 11) is 3.16. The van der Waals surface area contributed by atoms with Gasteiger partial charge in [-0.2, -0.15) is 14.8 Å². The standard InChI is InChI=1S/C6H8N6O/c1-12-10-3-4(7)8-6(13-2)9-5(3)11-12/h1-2H3,(H2,7,8,9,11). The lowest BCUT2D eigenvalue weighted by atomic mass is 10.5. The zero-order valence-electron chi connectivity index (χ0n) is 7.22. The number of ether oxygens (including phenoxy) is 1. The van der Waals surface area contributed by atoms with E-state index in [0.29, 0.717) is 11.2 Å². The van der Waals surface area contributed by atoms with Crippen molar-refractivity contribution in [2.75, 3.05) is 12.8 Å². The second-order valence-electron chi connectivity index (χ2n) is 2.46. The van der Waals surface area contributed by atoms with Gasteiger partial charge in [0.05, 0.1) is 7.11 Å². The van der Waals surface area contributed by atoms with E-state index in [0.717, 1.165) is 0 Å². The Morgan fingerprint density at radius 2 is 2.08 bits per heavy atom. The fourth-order valence-corrected chi connectivity index (χ4v) is 1.00. The molecule has 0 radical (unpaired) electrons. The van der Waals surface area contributed by atoms with Crippen LogP contribution < -0.4 is 10.5 Å². The topological polar surface area (TPSA) is 91.7 Å². The summed E-state index contributed by atoms with van der Waals surface area (Å²) < 4.78 is 4.83. The molecular formula is C6H8N6O. The van der Waals surface area contributed by atoms with Crippen molar-refractivity contribution >= 4 is 17.0 Å². The molecule has 0 unspecified atom stereocenters. The summed E-state index contributed by atoms with van der Waals surface area (Å²) >= 11 is 0. The Morgan fingerprint density at radius 1 is 1.31 bits per heavy atom. The quantitative estimate of drug-likeness (QED) is 0.626.